The summed E-state index contributed by atoms with van der Waals surface area (Å²) in [6.45, 7) is -0.165. The summed E-state index contributed by atoms with van der Waals surface area (Å²) in [5.41, 5.74) is -0.422. The molecule has 62 valence electrons. The minimum atomic E-state index is -0.480. The molecule has 1 saturated carbocycles. The lowest BCUT2D eigenvalue weighted by Gasteiger charge is -2.09. The van der Waals surface area contributed by atoms with Gasteiger partial charge in [0.25, 0.3) is 0 Å². The van der Waals surface area contributed by atoms with Gasteiger partial charge in [-0.3, -0.25) is 4.79 Å². The fraction of sp³-hybridized carbons (Fsp3) is 0.857. The largest absolute Gasteiger partial charge is 0.458 e. The van der Waals surface area contributed by atoms with Gasteiger partial charge in [0.1, 0.15) is 6.10 Å². The molecule has 2 rings (SSSR count). The zero-order chi connectivity index (χ0) is 8.06. The summed E-state index contributed by atoms with van der Waals surface area (Å²) in [6.07, 6.45) is 1.15. The first-order chi connectivity index (χ1) is 5.20. The van der Waals surface area contributed by atoms with Crippen molar-refractivity contribution >= 4 is 17.6 Å². The topological polar surface area (TPSA) is 46.5 Å². The highest BCUT2D eigenvalue weighted by atomic mass is 35.5. The number of carbonyl (C=O) groups is 1. The predicted octanol–water partition coefficient (Wildman–Crippen LogP) is 0.292. The van der Waals surface area contributed by atoms with Crippen molar-refractivity contribution in [2.24, 2.45) is 5.41 Å². The molecule has 1 heterocycles. The second kappa shape index (κ2) is 2.11. The van der Waals surface area contributed by atoms with E-state index >= 15 is 0 Å². The summed E-state index contributed by atoms with van der Waals surface area (Å²) in [4.78, 5) is 11.1. The fourth-order valence-electron chi connectivity index (χ4n) is 1.53. The van der Waals surface area contributed by atoms with Crippen LogP contribution in [0, 0.1) is 5.41 Å². The predicted molar refractivity (Wildman–Crippen MR) is 38.3 cm³/mol. The van der Waals surface area contributed by atoms with Crippen LogP contribution in [0.4, 0.5) is 0 Å². The fourth-order valence-corrected chi connectivity index (χ4v) is 1.97. The van der Waals surface area contributed by atoms with Gasteiger partial charge >= 0.3 is 5.97 Å². The summed E-state index contributed by atoms with van der Waals surface area (Å²) in [7, 11) is 0. The molecule has 1 aliphatic heterocycles. The third kappa shape index (κ3) is 0.811. The standard InChI is InChI=1S/C7H9ClO3/c8-5-4(3-9)11-6(10)7(5)1-2-7/h4-5,9H,1-3H2/t4-,5+/m1/s1. The summed E-state index contributed by atoms with van der Waals surface area (Å²) in [6, 6.07) is 0. The number of ether oxygens (including phenoxy) is 1. The molecule has 11 heavy (non-hydrogen) atoms. The molecular formula is C7H9ClO3. The molecule has 0 aromatic carbocycles. The van der Waals surface area contributed by atoms with Crippen LogP contribution in [0.5, 0.6) is 0 Å². The van der Waals surface area contributed by atoms with Crippen LogP contribution in [0.15, 0.2) is 0 Å². The number of esters is 1. The molecule has 0 aromatic heterocycles. The van der Waals surface area contributed by atoms with Crippen LogP contribution in [0.1, 0.15) is 12.8 Å². The molecule has 2 atom stereocenters. The van der Waals surface area contributed by atoms with Gasteiger partial charge in [0.2, 0.25) is 0 Å². The normalized spacial score (nSPS) is 39.3. The smallest absolute Gasteiger partial charge is 0.314 e. The van der Waals surface area contributed by atoms with Crippen molar-refractivity contribution in [2.45, 2.75) is 24.3 Å². The monoisotopic (exact) mass is 176 g/mol. The van der Waals surface area contributed by atoms with Crippen molar-refractivity contribution in [3.63, 3.8) is 0 Å². The van der Waals surface area contributed by atoms with Crippen LogP contribution in [0.2, 0.25) is 0 Å². The van der Waals surface area contributed by atoms with Gasteiger partial charge in [-0.1, -0.05) is 0 Å². The van der Waals surface area contributed by atoms with Crippen LogP contribution in [-0.4, -0.2) is 29.2 Å². The Morgan fingerprint density at radius 3 is 2.64 bits per heavy atom. The molecule has 1 N–H and O–H groups in total. The highest BCUT2D eigenvalue weighted by Gasteiger charge is 2.64. The van der Waals surface area contributed by atoms with Gasteiger partial charge < -0.3 is 9.84 Å². The number of rotatable bonds is 1. The number of alkyl halides is 1. The maximum atomic E-state index is 11.1. The van der Waals surface area contributed by atoms with Crippen LogP contribution in [0.25, 0.3) is 0 Å². The Morgan fingerprint density at radius 1 is 1.73 bits per heavy atom. The summed E-state index contributed by atoms with van der Waals surface area (Å²) < 4.78 is 4.88. The number of aliphatic hydroxyl groups excluding tert-OH is 1. The second-order valence-electron chi connectivity index (χ2n) is 3.18. The van der Waals surface area contributed by atoms with Crippen molar-refractivity contribution in [3.05, 3.63) is 0 Å². The Hall–Kier alpha value is -0.280. The van der Waals surface area contributed by atoms with E-state index < -0.39 is 11.5 Å². The van der Waals surface area contributed by atoms with Gasteiger partial charge in [-0.25, -0.2) is 0 Å². The van der Waals surface area contributed by atoms with Crippen LogP contribution < -0.4 is 0 Å². The van der Waals surface area contributed by atoms with Crippen molar-refractivity contribution < 1.29 is 14.6 Å². The lowest BCUT2D eigenvalue weighted by molar-refractivity contribution is -0.146. The maximum Gasteiger partial charge on any atom is 0.314 e. The quantitative estimate of drug-likeness (QED) is 0.462. The average Bonchev–Trinajstić information content (AvgIpc) is 2.74. The highest BCUT2D eigenvalue weighted by molar-refractivity contribution is 6.24. The number of aliphatic hydroxyl groups is 1. The first-order valence-corrected chi connectivity index (χ1v) is 4.10. The summed E-state index contributed by atoms with van der Waals surface area (Å²) in [5.74, 6) is -0.225. The summed E-state index contributed by atoms with van der Waals surface area (Å²) >= 11 is 5.92. The molecular weight excluding hydrogens is 168 g/mol. The molecule has 0 radical (unpaired) electrons. The third-order valence-electron chi connectivity index (χ3n) is 2.49. The van der Waals surface area contributed by atoms with E-state index in [4.69, 9.17) is 21.4 Å². The molecule has 1 aliphatic carbocycles. The van der Waals surface area contributed by atoms with Gasteiger partial charge in [-0.15, -0.1) is 11.6 Å². The molecule has 0 unspecified atom stereocenters. The Morgan fingerprint density at radius 2 is 2.36 bits per heavy atom. The maximum absolute atomic E-state index is 11.1. The second-order valence-corrected chi connectivity index (χ2v) is 3.65. The van der Waals surface area contributed by atoms with Crippen molar-refractivity contribution in [1.29, 1.82) is 0 Å². The Bertz CT molecular complexity index is 200. The summed E-state index contributed by atoms with van der Waals surface area (Å²) in [5, 5.41) is 8.43. The lowest BCUT2D eigenvalue weighted by Crippen LogP contribution is -2.25. The molecule has 1 spiro atoms. The lowest BCUT2D eigenvalue weighted by atomic mass is 10.0. The molecule has 2 aliphatic rings. The molecule has 0 aromatic rings. The van der Waals surface area contributed by atoms with E-state index in [-0.39, 0.29) is 18.0 Å². The van der Waals surface area contributed by atoms with Gasteiger partial charge in [0, 0.05) is 0 Å². The number of cyclic esters (lactones) is 1. The highest BCUT2D eigenvalue weighted by Crippen LogP contribution is 2.56. The van der Waals surface area contributed by atoms with Gasteiger partial charge in [-0.2, -0.15) is 0 Å². The van der Waals surface area contributed by atoms with E-state index in [9.17, 15) is 4.79 Å². The number of carbonyl (C=O) groups excluding carboxylic acids is 1. The Kier molecular flexibility index (Phi) is 1.41. The van der Waals surface area contributed by atoms with E-state index in [0.29, 0.717) is 0 Å². The van der Waals surface area contributed by atoms with Crippen molar-refractivity contribution in [2.75, 3.05) is 6.61 Å². The zero-order valence-corrected chi connectivity index (χ0v) is 6.67. The van der Waals surface area contributed by atoms with E-state index in [1.165, 1.54) is 0 Å². The minimum Gasteiger partial charge on any atom is -0.458 e. The van der Waals surface area contributed by atoms with Crippen LogP contribution in [-0.2, 0) is 9.53 Å². The molecule has 0 bridgehead atoms. The van der Waals surface area contributed by atoms with Crippen LogP contribution >= 0.6 is 11.6 Å². The third-order valence-corrected chi connectivity index (χ3v) is 3.19. The molecule has 1 saturated heterocycles. The molecule has 0 amide bonds. The van der Waals surface area contributed by atoms with E-state index in [1.807, 2.05) is 0 Å². The van der Waals surface area contributed by atoms with Crippen molar-refractivity contribution in [3.8, 4) is 0 Å². The minimum absolute atomic E-state index is 0.165. The van der Waals surface area contributed by atoms with Crippen LogP contribution in [0.3, 0.4) is 0 Å². The first kappa shape index (κ1) is 7.37. The van der Waals surface area contributed by atoms with E-state index in [0.717, 1.165) is 12.8 Å². The number of hydrogen-bond acceptors (Lipinski definition) is 3. The SMILES string of the molecule is O=C1O[C@H](CO)[C@H](Cl)C12CC2. The first-order valence-electron chi connectivity index (χ1n) is 3.67. The Balaban J connectivity index is 2.19. The van der Waals surface area contributed by atoms with Gasteiger partial charge in [-0.05, 0) is 12.8 Å². The van der Waals surface area contributed by atoms with Gasteiger partial charge in [0.05, 0.1) is 17.4 Å². The van der Waals surface area contributed by atoms with E-state index in [1.54, 1.807) is 0 Å². The molecule has 2 fully saturated rings. The van der Waals surface area contributed by atoms with Crippen molar-refractivity contribution in [1.82, 2.24) is 0 Å². The Labute approximate surface area is 69.3 Å². The number of halogens is 1. The average molecular weight is 177 g/mol. The van der Waals surface area contributed by atoms with E-state index in [2.05, 4.69) is 0 Å². The van der Waals surface area contributed by atoms with Gasteiger partial charge in [0.15, 0.2) is 0 Å². The number of hydrogen-bond donors (Lipinski definition) is 1. The molecule has 4 heteroatoms. The molecule has 3 nitrogen and oxygen atoms in total. The zero-order valence-electron chi connectivity index (χ0n) is 5.92.